The maximum absolute atomic E-state index is 13.2. The van der Waals surface area contributed by atoms with Crippen LogP contribution in [0.1, 0.15) is 26.3 Å². The molecule has 0 unspecified atom stereocenters. The fraction of sp³-hybridized carbons (Fsp3) is 0.172. The zero-order valence-corrected chi connectivity index (χ0v) is 20.0. The first kappa shape index (κ1) is 23.1. The van der Waals surface area contributed by atoms with Gasteiger partial charge in [0, 0.05) is 69.7 Å². The third-order valence-electron chi connectivity index (χ3n) is 5.66. The van der Waals surface area contributed by atoms with E-state index in [9.17, 15) is 9.59 Å². The minimum Gasteiger partial charge on any atom is -0.383 e. The summed E-state index contributed by atoms with van der Waals surface area (Å²) in [6.07, 6.45) is 11.8. The molecule has 4 rings (SSSR count). The highest BCUT2D eigenvalue weighted by molar-refractivity contribution is 6.40. The Hall–Kier alpha value is -4.12. The number of allylic oxidation sites excluding steroid dienone is 6. The summed E-state index contributed by atoms with van der Waals surface area (Å²) in [7, 11) is 7.85. The van der Waals surface area contributed by atoms with Crippen molar-refractivity contribution in [2.45, 2.75) is 6.54 Å². The van der Waals surface area contributed by atoms with Gasteiger partial charge in [-0.25, -0.2) is 0 Å². The number of carbonyl (C=O) groups is 2. The van der Waals surface area contributed by atoms with E-state index >= 15 is 0 Å². The number of Topliss-reactive ketones (excluding diaryl/α,β-unsaturated/α-hetero) is 2. The summed E-state index contributed by atoms with van der Waals surface area (Å²) in [6, 6.07) is 17.3. The van der Waals surface area contributed by atoms with Gasteiger partial charge in [-0.3, -0.25) is 9.59 Å². The highest BCUT2D eigenvalue weighted by Crippen LogP contribution is 2.34. The molecule has 2 aromatic rings. The second-order valence-corrected chi connectivity index (χ2v) is 8.80. The number of ketones is 2. The lowest BCUT2D eigenvalue weighted by atomic mass is 9.97. The summed E-state index contributed by atoms with van der Waals surface area (Å²) in [5, 5.41) is 0. The maximum Gasteiger partial charge on any atom is 0.198 e. The van der Waals surface area contributed by atoms with E-state index in [0.717, 1.165) is 17.0 Å². The molecule has 0 fully saturated rings. The molecule has 2 aliphatic rings. The molecule has 0 aromatic heterocycles. The molecule has 172 valence electrons. The van der Waals surface area contributed by atoms with Crippen LogP contribution in [0.25, 0.3) is 0 Å². The molecule has 1 aliphatic carbocycles. The van der Waals surface area contributed by atoms with Crippen molar-refractivity contribution in [3.8, 4) is 0 Å². The van der Waals surface area contributed by atoms with Gasteiger partial charge in [-0.15, -0.1) is 0 Å². The van der Waals surface area contributed by atoms with E-state index < -0.39 is 0 Å². The molecule has 1 heterocycles. The van der Waals surface area contributed by atoms with Gasteiger partial charge in [0.25, 0.3) is 0 Å². The second-order valence-electron chi connectivity index (χ2n) is 8.80. The van der Waals surface area contributed by atoms with Gasteiger partial charge in [0.1, 0.15) is 0 Å². The largest absolute Gasteiger partial charge is 0.383 e. The third kappa shape index (κ3) is 4.79. The zero-order chi connectivity index (χ0) is 24.2. The van der Waals surface area contributed by atoms with Crippen molar-refractivity contribution < 1.29 is 9.59 Å². The van der Waals surface area contributed by atoms with Crippen LogP contribution in [0.3, 0.4) is 0 Å². The molecule has 0 saturated carbocycles. The van der Waals surface area contributed by atoms with Crippen LogP contribution < -0.4 is 0 Å². The second kappa shape index (κ2) is 9.79. The Labute approximate surface area is 201 Å². The van der Waals surface area contributed by atoms with E-state index in [1.54, 1.807) is 24.3 Å². The highest BCUT2D eigenvalue weighted by Gasteiger charge is 2.35. The molecule has 0 bridgehead atoms. The molecule has 5 heteroatoms. The van der Waals surface area contributed by atoms with Gasteiger partial charge in [0.2, 0.25) is 0 Å². The monoisotopic (exact) mass is 451 g/mol. The Kier molecular flexibility index (Phi) is 6.64. The van der Waals surface area contributed by atoms with Crippen LogP contribution in [0.5, 0.6) is 0 Å². The van der Waals surface area contributed by atoms with Crippen LogP contribution in [0.15, 0.2) is 114 Å². The van der Waals surface area contributed by atoms with Crippen LogP contribution in [0.4, 0.5) is 0 Å². The number of hydrogen-bond acceptors (Lipinski definition) is 5. The first-order valence-electron chi connectivity index (χ1n) is 11.2. The summed E-state index contributed by atoms with van der Waals surface area (Å²) in [5.41, 5.74) is 4.76. The summed E-state index contributed by atoms with van der Waals surface area (Å²) in [6.45, 7) is 0.652. The summed E-state index contributed by atoms with van der Waals surface area (Å²) >= 11 is 0. The number of rotatable bonds is 6. The fourth-order valence-corrected chi connectivity index (χ4v) is 4.00. The standard InChI is InChI=1S/C29H29N3O2/c1-30(2)16-14-23-18-22(27-28(33)25-12-8-9-13-26(25)29(27)34)19-24(15-17-31(3)4)32(23)20-21-10-6-5-7-11-21/h5-19H,20H2,1-4H3/b16-14+,17-15+. The van der Waals surface area contributed by atoms with Gasteiger partial charge >= 0.3 is 0 Å². The first-order valence-corrected chi connectivity index (χ1v) is 11.2. The molecule has 0 spiro atoms. The zero-order valence-electron chi connectivity index (χ0n) is 20.0. The van der Waals surface area contributed by atoms with E-state index in [4.69, 9.17) is 0 Å². The van der Waals surface area contributed by atoms with Crippen molar-refractivity contribution in [1.29, 1.82) is 0 Å². The van der Waals surface area contributed by atoms with Crippen molar-refractivity contribution in [3.05, 3.63) is 131 Å². The number of nitrogens with zero attached hydrogens (tertiary/aromatic N) is 3. The van der Waals surface area contributed by atoms with Gasteiger partial charge < -0.3 is 14.7 Å². The molecule has 5 nitrogen and oxygen atoms in total. The molecule has 0 atom stereocenters. The number of carbonyl (C=O) groups excluding carboxylic acids is 2. The molecule has 0 radical (unpaired) electrons. The molecule has 1 aliphatic heterocycles. The summed E-state index contributed by atoms with van der Waals surface area (Å²) < 4.78 is 0. The van der Waals surface area contributed by atoms with Crippen molar-refractivity contribution in [3.63, 3.8) is 0 Å². The van der Waals surface area contributed by atoms with Crippen molar-refractivity contribution in [1.82, 2.24) is 14.7 Å². The highest BCUT2D eigenvalue weighted by atomic mass is 16.2. The van der Waals surface area contributed by atoms with Crippen LogP contribution >= 0.6 is 0 Å². The minimum absolute atomic E-state index is 0.216. The summed E-state index contributed by atoms with van der Waals surface area (Å²) in [5.74, 6) is -0.432. The van der Waals surface area contributed by atoms with Crippen LogP contribution in [-0.2, 0) is 6.54 Å². The Morgan fingerprint density at radius 3 is 1.65 bits per heavy atom. The number of fused-ring (bicyclic) bond motifs is 1. The lowest BCUT2D eigenvalue weighted by molar-refractivity contribution is 0.0988. The average molecular weight is 452 g/mol. The molecule has 2 aromatic carbocycles. The minimum atomic E-state index is -0.216. The molecular weight excluding hydrogens is 422 g/mol. The van der Waals surface area contributed by atoms with Gasteiger partial charge in [-0.2, -0.15) is 0 Å². The quantitative estimate of drug-likeness (QED) is 0.466. The Bertz CT molecular complexity index is 1190. The van der Waals surface area contributed by atoms with Crippen molar-refractivity contribution in [2.75, 3.05) is 28.2 Å². The normalized spacial score (nSPS) is 15.8. The van der Waals surface area contributed by atoms with Gasteiger partial charge in [0.15, 0.2) is 11.6 Å². The third-order valence-corrected chi connectivity index (χ3v) is 5.66. The lowest BCUT2D eigenvalue weighted by Crippen LogP contribution is -2.24. The Balaban J connectivity index is 1.87. The van der Waals surface area contributed by atoms with Gasteiger partial charge in [-0.05, 0) is 35.4 Å². The Morgan fingerprint density at radius 1 is 0.706 bits per heavy atom. The fourth-order valence-electron chi connectivity index (χ4n) is 4.00. The smallest absolute Gasteiger partial charge is 0.198 e. The molecule has 34 heavy (non-hydrogen) atoms. The SMILES string of the molecule is CN(C)/C=C/C1=CC(=C2C(=O)c3ccccc3C2=O)C=C(/C=C/N(C)C)N1Cc1ccccc1. The topological polar surface area (TPSA) is 43.9 Å². The van der Waals surface area contributed by atoms with E-state index in [1.807, 2.05) is 92.9 Å². The van der Waals surface area contributed by atoms with E-state index in [1.165, 1.54) is 0 Å². The molecular formula is C29H29N3O2. The van der Waals surface area contributed by atoms with E-state index in [0.29, 0.717) is 23.2 Å². The first-order chi connectivity index (χ1) is 16.3. The van der Waals surface area contributed by atoms with E-state index in [-0.39, 0.29) is 17.1 Å². The maximum atomic E-state index is 13.2. The van der Waals surface area contributed by atoms with Gasteiger partial charge in [-0.1, -0.05) is 54.6 Å². The van der Waals surface area contributed by atoms with Crippen LogP contribution in [-0.4, -0.2) is 54.5 Å². The van der Waals surface area contributed by atoms with Crippen molar-refractivity contribution in [2.24, 2.45) is 0 Å². The number of benzene rings is 2. The Morgan fingerprint density at radius 2 is 1.18 bits per heavy atom. The predicted octanol–water partition coefficient (Wildman–Crippen LogP) is 4.80. The van der Waals surface area contributed by atoms with Crippen LogP contribution in [0, 0.1) is 0 Å². The van der Waals surface area contributed by atoms with Crippen molar-refractivity contribution >= 4 is 11.6 Å². The summed E-state index contributed by atoms with van der Waals surface area (Å²) in [4.78, 5) is 32.6. The van der Waals surface area contributed by atoms with Crippen LogP contribution in [0.2, 0.25) is 0 Å². The van der Waals surface area contributed by atoms with Gasteiger partial charge in [0.05, 0.1) is 5.57 Å². The van der Waals surface area contributed by atoms with E-state index in [2.05, 4.69) is 17.0 Å². The molecule has 0 amide bonds. The molecule has 0 saturated heterocycles. The number of hydrogen-bond donors (Lipinski definition) is 0. The molecule has 0 N–H and O–H groups in total. The average Bonchev–Trinajstić information content (AvgIpc) is 3.08. The predicted molar refractivity (Wildman–Crippen MR) is 136 cm³/mol. The lowest BCUT2D eigenvalue weighted by Gasteiger charge is -2.31.